The van der Waals surface area contributed by atoms with E-state index in [1.807, 2.05) is 48.5 Å². The molecule has 20 heavy (non-hydrogen) atoms. The minimum absolute atomic E-state index is 0.241. The smallest absolute Gasteiger partial charge is 0.173 e. The first-order valence-electron chi connectivity index (χ1n) is 7.15. The van der Waals surface area contributed by atoms with Crippen molar-refractivity contribution in [3.63, 3.8) is 0 Å². The summed E-state index contributed by atoms with van der Waals surface area (Å²) in [7, 11) is 0. The predicted octanol–water partition coefficient (Wildman–Crippen LogP) is 3.75. The fourth-order valence-corrected chi connectivity index (χ4v) is 2.74. The number of carbonyl (C=O) groups excluding carboxylic acids is 1. The summed E-state index contributed by atoms with van der Waals surface area (Å²) < 4.78 is 0. The maximum absolute atomic E-state index is 12.8. The highest BCUT2D eigenvalue weighted by molar-refractivity contribution is 6.06. The van der Waals surface area contributed by atoms with Gasteiger partial charge in [0.1, 0.15) is 0 Å². The van der Waals surface area contributed by atoms with Crippen molar-refractivity contribution >= 4 is 11.5 Å². The zero-order valence-corrected chi connectivity index (χ0v) is 11.7. The minimum Gasteiger partial charge on any atom is -0.399 e. The summed E-state index contributed by atoms with van der Waals surface area (Å²) in [5, 5.41) is 0. The van der Waals surface area contributed by atoms with E-state index in [0.29, 0.717) is 0 Å². The number of carbonyl (C=O) groups is 1. The predicted molar refractivity (Wildman–Crippen MR) is 81.9 cm³/mol. The van der Waals surface area contributed by atoms with Crippen molar-refractivity contribution in [1.82, 2.24) is 0 Å². The molecular formula is C18H19NO. The minimum atomic E-state index is -0.304. The lowest BCUT2D eigenvalue weighted by atomic mass is 9.87. The van der Waals surface area contributed by atoms with Gasteiger partial charge in [-0.1, -0.05) is 43.3 Å². The highest BCUT2D eigenvalue weighted by Gasteiger charge is 2.51. The number of nitrogens with two attached hydrogens (primary N) is 1. The lowest BCUT2D eigenvalue weighted by Crippen LogP contribution is -2.20. The molecule has 2 N–H and O–H groups in total. The number of rotatable bonds is 4. The molecule has 0 heterocycles. The maximum atomic E-state index is 12.8. The van der Waals surface area contributed by atoms with E-state index in [2.05, 4.69) is 6.92 Å². The van der Waals surface area contributed by atoms with Crippen molar-refractivity contribution in [3.8, 4) is 0 Å². The number of hydrogen-bond donors (Lipinski definition) is 1. The quantitative estimate of drug-likeness (QED) is 0.676. The molecule has 102 valence electrons. The second kappa shape index (κ2) is 4.78. The molecule has 3 rings (SSSR count). The number of nitrogen functional groups attached to an aromatic ring is 1. The van der Waals surface area contributed by atoms with Crippen molar-refractivity contribution in [2.24, 2.45) is 0 Å². The van der Waals surface area contributed by atoms with E-state index < -0.39 is 0 Å². The summed E-state index contributed by atoms with van der Waals surface area (Å²) in [5.41, 5.74) is 9.33. The van der Waals surface area contributed by atoms with Gasteiger partial charge in [-0.05, 0) is 42.5 Å². The molecular weight excluding hydrogens is 246 g/mol. The highest BCUT2D eigenvalue weighted by atomic mass is 16.1. The fourth-order valence-electron chi connectivity index (χ4n) is 2.74. The van der Waals surface area contributed by atoms with Crippen LogP contribution in [0, 0.1) is 0 Å². The van der Waals surface area contributed by atoms with Gasteiger partial charge in [0.15, 0.2) is 5.78 Å². The average molecular weight is 265 g/mol. The second-order valence-electron chi connectivity index (χ2n) is 5.58. The third-order valence-electron chi connectivity index (χ3n) is 4.27. The van der Waals surface area contributed by atoms with Crippen LogP contribution in [0.25, 0.3) is 0 Å². The van der Waals surface area contributed by atoms with Gasteiger partial charge in [-0.25, -0.2) is 0 Å². The van der Waals surface area contributed by atoms with Gasteiger partial charge in [-0.15, -0.1) is 0 Å². The molecule has 0 saturated heterocycles. The van der Waals surface area contributed by atoms with E-state index in [9.17, 15) is 4.79 Å². The Hall–Kier alpha value is -2.09. The van der Waals surface area contributed by atoms with Gasteiger partial charge in [0.2, 0.25) is 0 Å². The Morgan fingerprint density at radius 1 is 1.05 bits per heavy atom. The van der Waals surface area contributed by atoms with Crippen LogP contribution in [0.2, 0.25) is 0 Å². The standard InChI is InChI=1S/C18H19NO/c1-2-13-3-5-14(6-4-13)17(20)18(11-12-18)15-7-9-16(19)10-8-15/h3-10H,2,11-12,19H2,1H3. The summed E-state index contributed by atoms with van der Waals surface area (Å²) in [5.74, 6) is 0.241. The summed E-state index contributed by atoms with van der Waals surface area (Å²) >= 11 is 0. The first kappa shape index (κ1) is 12.9. The van der Waals surface area contributed by atoms with E-state index in [4.69, 9.17) is 5.73 Å². The molecule has 0 radical (unpaired) electrons. The van der Waals surface area contributed by atoms with Crippen molar-refractivity contribution < 1.29 is 4.79 Å². The summed E-state index contributed by atoms with van der Waals surface area (Å²) in [4.78, 5) is 12.8. The molecule has 0 spiro atoms. The van der Waals surface area contributed by atoms with Crippen LogP contribution >= 0.6 is 0 Å². The molecule has 0 aromatic heterocycles. The zero-order valence-electron chi connectivity index (χ0n) is 11.7. The summed E-state index contributed by atoms with van der Waals surface area (Å²) in [6.45, 7) is 2.12. The third-order valence-corrected chi connectivity index (χ3v) is 4.27. The summed E-state index contributed by atoms with van der Waals surface area (Å²) in [6.07, 6.45) is 2.87. The fraction of sp³-hybridized carbons (Fsp3) is 0.278. The van der Waals surface area contributed by atoms with Gasteiger partial charge in [-0.3, -0.25) is 4.79 Å². The second-order valence-corrected chi connectivity index (χ2v) is 5.58. The van der Waals surface area contributed by atoms with Crippen LogP contribution in [-0.4, -0.2) is 5.78 Å². The van der Waals surface area contributed by atoms with Gasteiger partial charge in [0, 0.05) is 11.3 Å². The van der Waals surface area contributed by atoms with Crippen LogP contribution in [0.3, 0.4) is 0 Å². The van der Waals surface area contributed by atoms with Crippen LogP contribution in [-0.2, 0) is 11.8 Å². The highest BCUT2D eigenvalue weighted by Crippen LogP contribution is 2.50. The molecule has 0 unspecified atom stereocenters. The zero-order chi connectivity index (χ0) is 14.2. The Morgan fingerprint density at radius 3 is 2.15 bits per heavy atom. The largest absolute Gasteiger partial charge is 0.399 e. The molecule has 2 heteroatoms. The lowest BCUT2D eigenvalue weighted by Gasteiger charge is -2.15. The van der Waals surface area contributed by atoms with Crippen LogP contribution in [0.4, 0.5) is 5.69 Å². The van der Waals surface area contributed by atoms with Gasteiger partial charge >= 0.3 is 0 Å². The van der Waals surface area contributed by atoms with E-state index >= 15 is 0 Å². The molecule has 1 aliphatic rings. The first-order chi connectivity index (χ1) is 9.65. The normalized spacial score (nSPS) is 15.8. The third kappa shape index (κ3) is 2.11. The van der Waals surface area contributed by atoms with E-state index in [1.165, 1.54) is 5.56 Å². The van der Waals surface area contributed by atoms with E-state index in [-0.39, 0.29) is 11.2 Å². The number of hydrogen-bond acceptors (Lipinski definition) is 2. The number of ketones is 1. The molecule has 2 aromatic carbocycles. The molecule has 1 saturated carbocycles. The van der Waals surface area contributed by atoms with E-state index in [0.717, 1.165) is 36.1 Å². The Balaban J connectivity index is 1.90. The molecule has 0 amide bonds. The first-order valence-corrected chi connectivity index (χ1v) is 7.15. The van der Waals surface area contributed by atoms with Crippen LogP contribution in [0.5, 0.6) is 0 Å². The van der Waals surface area contributed by atoms with Gasteiger partial charge in [-0.2, -0.15) is 0 Å². The van der Waals surface area contributed by atoms with Crippen molar-refractivity contribution in [2.45, 2.75) is 31.6 Å². The van der Waals surface area contributed by atoms with Crippen LogP contribution in [0.1, 0.15) is 41.3 Å². The van der Waals surface area contributed by atoms with Crippen molar-refractivity contribution in [1.29, 1.82) is 0 Å². The van der Waals surface area contributed by atoms with Crippen molar-refractivity contribution in [3.05, 3.63) is 65.2 Å². The van der Waals surface area contributed by atoms with Crippen LogP contribution in [0.15, 0.2) is 48.5 Å². The number of anilines is 1. The summed E-state index contributed by atoms with van der Waals surface area (Å²) in [6, 6.07) is 15.7. The molecule has 1 fully saturated rings. The van der Waals surface area contributed by atoms with Gasteiger partial charge in [0.05, 0.1) is 5.41 Å². The molecule has 2 aromatic rings. The Bertz CT molecular complexity index is 621. The topological polar surface area (TPSA) is 43.1 Å². The van der Waals surface area contributed by atoms with E-state index in [1.54, 1.807) is 0 Å². The van der Waals surface area contributed by atoms with Gasteiger partial charge < -0.3 is 5.73 Å². The SMILES string of the molecule is CCc1ccc(C(=O)C2(c3ccc(N)cc3)CC2)cc1. The Morgan fingerprint density at radius 2 is 1.65 bits per heavy atom. The average Bonchev–Trinajstić information content (AvgIpc) is 3.29. The van der Waals surface area contributed by atoms with Crippen molar-refractivity contribution in [2.75, 3.05) is 5.73 Å². The number of aryl methyl sites for hydroxylation is 1. The van der Waals surface area contributed by atoms with Gasteiger partial charge in [0.25, 0.3) is 0 Å². The molecule has 0 bridgehead atoms. The molecule has 1 aliphatic carbocycles. The number of benzene rings is 2. The Labute approximate surface area is 119 Å². The molecule has 2 nitrogen and oxygen atoms in total. The number of Topliss-reactive ketones (excluding diaryl/α,β-unsaturated/α-hetero) is 1. The molecule has 0 atom stereocenters. The Kier molecular flexibility index (Phi) is 3.09. The van der Waals surface area contributed by atoms with Crippen LogP contribution < -0.4 is 5.73 Å². The molecule has 0 aliphatic heterocycles. The lowest BCUT2D eigenvalue weighted by molar-refractivity contribution is 0.0946. The maximum Gasteiger partial charge on any atom is 0.173 e. The monoisotopic (exact) mass is 265 g/mol.